The summed E-state index contributed by atoms with van der Waals surface area (Å²) in [6.45, 7) is 5.44. The van der Waals surface area contributed by atoms with Crippen molar-refractivity contribution >= 4 is 0 Å². The van der Waals surface area contributed by atoms with Gasteiger partial charge >= 0.3 is 0 Å². The number of nitrogens with one attached hydrogen (secondary N) is 1. The standard InChI is InChI=1S/C9H19NO/c1-3-10-9(2,7-11)8-5-4-6-8/h8,10-11H,3-7H2,1-2H3. The van der Waals surface area contributed by atoms with E-state index in [1.807, 2.05) is 0 Å². The second-order valence-corrected chi connectivity index (χ2v) is 3.73. The Kier molecular flexibility index (Phi) is 2.90. The van der Waals surface area contributed by atoms with Crippen LogP contribution in [0.4, 0.5) is 0 Å². The van der Waals surface area contributed by atoms with Gasteiger partial charge in [0.05, 0.1) is 6.61 Å². The lowest BCUT2D eigenvalue weighted by Gasteiger charge is -2.42. The summed E-state index contributed by atoms with van der Waals surface area (Å²) in [4.78, 5) is 0. The highest BCUT2D eigenvalue weighted by Gasteiger charge is 2.36. The quantitative estimate of drug-likeness (QED) is 0.641. The highest BCUT2D eigenvalue weighted by molar-refractivity contribution is 4.93. The van der Waals surface area contributed by atoms with E-state index in [1.54, 1.807) is 0 Å². The lowest BCUT2D eigenvalue weighted by atomic mass is 9.72. The third-order valence-corrected chi connectivity index (χ3v) is 2.92. The number of likely N-dealkylation sites (N-methyl/N-ethyl adjacent to an activating group) is 1. The Labute approximate surface area is 69.0 Å². The molecule has 1 fully saturated rings. The molecule has 0 aliphatic heterocycles. The van der Waals surface area contributed by atoms with Crippen molar-refractivity contribution in [1.82, 2.24) is 5.32 Å². The van der Waals surface area contributed by atoms with E-state index in [1.165, 1.54) is 19.3 Å². The fourth-order valence-electron chi connectivity index (χ4n) is 1.78. The Morgan fingerprint density at radius 3 is 2.45 bits per heavy atom. The number of hydrogen-bond acceptors (Lipinski definition) is 2. The molecule has 1 atom stereocenters. The van der Waals surface area contributed by atoms with Crippen LogP contribution in [0.2, 0.25) is 0 Å². The number of aliphatic hydroxyl groups is 1. The van der Waals surface area contributed by atoms with Crippen LogP contribution in [-0.4, -0.2) is 23.8 Å². The third-order valence-electron chi connectivity index (χ3n) is 2.92. The molecular formula is C9H19NO. The molecule has 66 valence electrons. The van der Waals surface area contributed by atoms with Crippen molar-refractivity contribution in [3.63, 3.8) is 0 Å². The van der Waals surface area contributed by atoms with Gasteiger partial charge in [-0.15, -0.1) is 0 Å². The predicted octanol–water partition coefficient (Wildman–Crippen LogP) is 1.15. The van der Waals surface area contributed by atoms with E-state index in [9.17, 15) is 5.11 Å². The zero-order valence-corrected chi connectivity index (χ0v) is 7.56. The maximum Gasteiger partial charge on any atom is 0.0613 e. The van der Waals surface area contributed by atoms with Crippen molar-refractivity contribution in [3.8, 4) is 0 Å². The molecule has 0 aromatic carbocycles. The van der Waals surface area contributed by atoms with E-state index in [0.29, 0.717) is 5.92 Å². The molecule has 1 rings (SSSR count). The second kappa shape index (κ2) is 3.55. The van der Waals surface area contributed by atoms with Gasteiger partial charge in [0.2, 0.25) is 0 Å². The van der Waals surface area contributed by atoms with Crippen LogP contribution >= 0.6 is 0 Å². The lowest BCUT2D eigenvalue weighted by Crippen LogP contribution is -2.53. The number of hydrogen-bond donors (Lipinski definition) is 2. The fourth-order valence-corrected chi connectivity index (χ4v) is 1.78. The van der Waals surface area contributed by atoms with Crippen LogP contribution in [-0.2, 0) is 0 Å². The van der Waals surface area contributed by atoms with Gasteiger partial charge in [0.15, 0.2) is 0 Å². The van der Waals surface area contributed by atoms with Crippen molar-refractivity contribution in [2.24, 2.45) is 5.92 Å². The van der Waals surface area contributed by atoms with Crippen molar-refractivity contribution in [1.29, 1.82) is 0 Å². The Morgan fingerprint density at radius 2 is 2.18 bits per heavy atom. The summed E-state index contributed by atoms with van der Waals surface area (Å²) in [6.07, 6.45) is 3.90. The maximum atomic E-state index is 9.19. The molecular weight excluding hydrogens is 138 g/mol. The summed E-state index contributed by atoms with van der Waals surface area (Å²) >= 11 is 0. The molecule has 2 heteroatoms. The van der Waals surface area contributed by atoms with Crippen LogP contribution in [0.25, 0.3) is 0 Å². The average molecular weight is 157 g/mol. The molecule has 0 amide bonds. The summed E-state index contributed by atoms with van der Waals surface area (Å²) < 4.78 is 0. The smallest absolute Gasteiger partial charge is 0.0613 e. The lowest BCUT2D eigenvalue weighted by molar-refractivity contribution is 0.0753. The monoisotopic (exact) mass is 157 g/mol. The SMILES string of the molecule is CCNC(C)(CO)C1CCC1. The van der Waals surface area contributed by atoms with E-state index in [2.05, 4.69) is 19.2 Å². The first-order chi connectivity index (χ1) is 5.23. The molecule has 0 saturated heterocycles. The van der Waals surface area contributed by atoms with Crippen LogP contribution in [0.3, 0.4) is 0 Å². The molecule has 0 spiro atoms. The molecule has 2 N–H and O–H groups in total. The summed E-state index contributed by atoms with van der Waals surface area (Å²) in [5.41, 5.74) is -0.00694. The van der Waals surface area contributed by atoms with Crippen LogP contribution in [0.15, 0.2) is 0 Å². The second-order valence-electron chi connectivity index (χ2n) is 3.73. The van der Waals surface area contributed by atoms with E-state index >= 15 is 0 Å². The Morgan fingerprint density at radius 1 is 1.55 bits per heavy atom. The summed E-state index contributed by atoms with van der Waals surface area (Å²) in [5.74, 6) is 0.701. The summed E-state index contributed by atoms with van der Waals surface area (Å²) in [7, 11) is 0. The Balaban J connectivity index is 2.43. The van der Waals surface area contributed by atoms with Gasteiger partial charge in [-0.3, -0.25) is 0 Å². The molecule has 0 aromatic heterocycles. The minimum Gasteiger partial charge on any atom is -0.394 e. The van der Waals surface area contributed by atoms with Gasteiger partial charge in [-0.05, 0) is 32.2 Å². The van der Waals surface area contributed by atoms with E-state index in [0.717, 1.165) is 6.54 Å². The zero-order chi connectivity index (χ0) is 8.32. The van der Waals surface area contributed by atoms with Gasteiger partial charge in [-0.1, -0.05) is 13.3 Å². The van der Waals surface area contributed by atoms with Crippen LogP contribution in [0.5, 0.6) is 0 Å². The highest BCUT2D eigenvalue weighted by Crippen LogP contribution is 2.35. The third kappa shape index (κ3) is 1.74. The molecule has 1 aliphatic carbocycles. The van der Waals surface area contributed by atoms with E-state index in [4.69, 9.17) is 0 Å². The summed E-state index contributed by atoms with van der Waals surface area (Å²) in [6, 6.07) is 0. The van der Waals surface area contributed by atoms with E-state index < -0.39 is 0 Å². The molecule has 1 saturated carbocycles. The van der Waals surface area contributed by atoms with Gasteiger partial charge in [0.1, 0.15) is 0 Å². The molecule has 0 radical (unpaired) electrons. The van der Waals surface area contributed by atoms with Crippen LogP contribution in [0, 0.1) is 5.92 Å². The molecule has 2 nitrogen and oxygen atoms in total. The molecule has 0 aromatic rings. The fraction of sp³-hybridized carbons (Fsp3) is 1.00. The molecule has 1 aliphatic rings. The Hall–Kier alpha value is -0.0800. The molecule has 0 bridgehead atoms. The van der Waals surface area contributed by atoms with Crippen LogP contribution in [0.1, 0.15) is 33.1 Å². The number of aliphatic hydroxyl groups excluding tert-OH is 1. The Bertz CT molecular complexity index is 123. The largest absolute Gasteiger partial charge is 0.394 e. The van der Waals surface area contributed by atoms with Gasteiger partial charge in [-0.2, -0.15) is 0 Å². The maximum absolute atomic E-state index is 9.19. The predicted molar refractivity (Wildman–Crippen MR) is 46.5 cm³/mol. The molecule has 0 heterocycles. The van der Waals surface area contributed by atoms with Gasteiger partial charge in [0, 0.05) is 5.54 Å². The van der Waals surface area contributed by atoms with E-state index in [-0.39, 0.29) is 12.1 Å². The normalized spacial score (nSPS) is 24.3. The van der Waals surface area contributed by atoms with Gasteiger partial charge < -0.3 is 10.4 Å². The zero-order valence-electron chi connectivity index (χ0n) is 7.56. The number of rotatable bonds is 4. The highest BCUT2D eigenvalue weighted by atomic mass is 16.3. The van der Waals surface area contributed by atoms with Gasteiger partial charge in [-0.25, -0.2) is 0 Å². The molecule has 11 heavy (non-hydrogen) atoms. The minimum absolute atomic E-state index is 0.00694. The van der Waals surface area contributed by atoms with Crippen molar-refractivity contribution in [2.75, 3.05) is 13.2 Å². The first-order valence-corrected chi connectivity index (χ1v) is 4.59. The average Bonchev–Trinajstić information content (AvgIpc) is 1.84. The first kappa shape index (κ1) is 9.01. The van der Waals surface area contributed by atoms with Crippen molar-refractivity contribution in [3.05, 3.63) is 0 Å². The molecule has 1 unspecified atom stereocenters. The summed E-state index contributed by atoms with van der Waals surface area (Å²) in [5, 5.41) is 12.5. The first-order valence-electron chi connectivity index (χ1n) is 4.59. The van der Waals surface area contributed by atoms with Crippen molar-refractivity contribution < 1.29 is 5.11 Å². The van der Waals surface area contributed by atoms with Crippen LogP contribution < -0.4 is 5.32 Å². The minimum atomic E-state index is -0.00694. The topological polar surface area (TPSA) is 32.3 Å². The van der Waals surface area contributed by atoms with Crippen molar-refractivity contribution in [2.45, 2.75) is 38.6 Å². The van der Waals surface area contributed by atoms with Gasteiger partial charge in [0.25, 0.3) is 0 Å².